The van der Waals surface area contributed by atoms with Crippen molar-refractivity contribution < 1.29 is 23.8 Å². The van der Waals surface area contributed by atoms with E-state index >= 15 is 0 Å². The second kappa shape index (κ2) is 7.32. The largest absolute Gasteiger partial charge is 0.463 e. The minimum Gasteiger partial charge on any atom is -0.463 e. The lowest BCUT2D eigenvalue weighted by Gasteiger charge is -2.33. The Labute approximate surface area is 142 Å². The molecule has 6 nitrogen and oxygen atoms in total. The SMILES string of the molecule is COC[C@H](N[C@@]1(C(=O)OC(C)(C)C)COC(=O)C1)c1ccccc1. The number of ether oxygens (including phenoxy) is 3. The van der Waals surface area contributed by atoms with Crippen LogP contribution in [0.4, 0.5) is 0 Å². The van der Waals surface area contributed by atoms with Crippen LogP contribution in [0.25, 0.3) is 0 Å². The average molecular weight is 335 g/mol. The van der Waals surface area contributed by atoms with Crippen LogP contribution >= 0.6 is 0 Å². The molecule has 1 aromatic rings. The first-order valence-corrected chi connectivity index (χ1v) is 7.96. The average Bonchev–Trinajstić information content (AvgIpc) is 2.88. The van der Waals surface area contributed by atoms with Crippen molar-refractivity contribution in [3.63, 3.8) is 0 Å². The van der Waals surface area contributed by atoms with Gasteiger partial charge < -0.3 is 14.2 Å². The van der Waals surface area contributed by atoms with E-state index in [9.17, 15) is 9.59 Å². The highest BCUT2D eigenvalue weighted by Gasteiger charge is 2.50. The molecule has 0 amide bonds. The van der Waals surface area contributed by atoms with Crippen LogP contribution in [0.1, 0.15) is 38.8 Å². The van der Waals surface area contributed by atoms with Gasteiger partial charge in [0.2, 0.25) is 0 Å². The van der Waals surface area contributed by atoms with Gasteiger partial charge in [-0.1, -0.05) is 30.3 Å². The maximum Gasteiger partial charge on any atom is 0.331 e. The molecule has 2 rings (SSSR count). The maximum atomic E-state index is 12.7. The minimum atomic E-state index is -1.20. The summed E-state index contributed by atoms with van der Waals surface area (Å²) in [5.74, 6) is -0.907. The summed E-state index contributed by atoms with van der Waals surface area (Å²) in [6, 6.07) is 9.36. The molecule has 1 aliphatic heterocycles. The molecule has 24 heavy (non-hydrogen) atoms. The van der Waals surface area contributed by atoms with E-state index in [2.05, 4.69) is 5.32 Å². The van der Waals surface area contributed by atoms with Crippen LogP contribution in [-0.4, -0.2) is 43.4 Å². The molecule has 0 saturated carbocycles. The lowest BCUT2D eigenvalue weighted by molar-refractivity contribution is -0.164. The van der Waals surface area contributed by atoms with E-state index in [1.54, 1.807) is 27.9 Å². The van der Waals surface area contributed by atoms with Gasteiger partial charge >= 0.3 is 11.9 Å². The summed E-state index contributed by atoms with van der Waals surface area (Å²) >= 11 is 0. The molecule has 6 heteroatoms. The zero-order valence-corrected chi connectivity index (χ0v) is 14.6. The molecule has 1 heterocycles. The van der Waals surface area contributed by atoms with E-state index in [1.165, 1.54) is 0 Å². The summed E-state index contributed by atoms with van der Waals surface area (Å²) < 4.78 is 15.9. The predicted molar refractivity (Wildman–Crippen MR) is 88.3 cm³/mol. The Morgan fingerprint density at radius 2 is 2.00 bits per heavy atom. The third kappa shape index (κ3) is 4.55. The molecule has 0 aliphatic carbocycles. The quantitative estimate of drug-likeness (QED) is 0.802. The van der Waals surface area contributed by atoms with Crippen LogP contribution in [0.15, 0.2) is 30.3 Å². The van der Waals surface area contributed by atoms with Gasteiger partial charge in [0, 0.05) is 7.11 Å². The normalized spacial score (nSPS) is 22.1. The highest BCUT2D eigenvalue weighted by atomic mass is 16.6. The summed E-state index contributed by atoms with van der Waals surface area (Å²) in [5, 5.41) is 3.25. The van der Waals surface area contributed by atoms with Crippen LogP contribution in [0.3, 0.4) is 0 Å². The van der Waals surface area contributed by atoms with Crippen molar-refractivity contribution in [2.45, 2.75) is 44.4 Å². The summed E-state index contributed by atoms with van der Waals surface area (Å²) in [6.45, 7) is 5.68. The number of hydrogen-bond donors (Lipinski definition) is 1. The summed E-state index contributed by atoms with van der Waals surface area (Å²) in [5.41, 5.74) is -0.897. The van der Waals surface area contributed by atoms with E-state index in [0.29, 0.717) is 6.61 Å². The van der Waals surface area contributed by atoms with Gasteiger partial charge in [-0.2, -0.15) is 0 Å². The number of carbonyl (C=O) groups excluding carboxylic acids is 2. The Morgan fingerprint density at radius 1 is 1.33 bits per heavy atom. The van der Waals surface area contributed by atoms with Gasteiger partial charge in [-0.15, -0.1) is 0 Å². The van der Waals surface area contributed by atoms with Crippen molar-refractivity contribution in [2.75, 3.05) is 20.3 Å². The summed E-state index contributed by atoms with van der Waals surface area (Å²) in [4.78, 5) is 24.4. The lowest BCUT2D eigenvalue weighted by atomic mass is 9.94. The molecule has 0 radical (unpaired) electrons. The molecule has 1 aromatic carbocycles. The zero-order chi connectivity index (χ0) is 17.8. The number of esters is 2. The van der Waals surface area contributed by atoms with Gasteiger partial charge in [-0.05, 0) is 26.3 Å². The fraction of sp³-hybridized carbons (Fsp3) is 0.556. The molecule has 1 saturated heterocycles. The van der Waals surface area contributed by atoms with E-state index in [-0.39, 0.29) is 19.1 Å². The van der Waals surface area contributed by atoms with Gasteiger partial charge in [0.25, 0.3) is 0 Å². The minimum absolute atomic E-state index is 0.0478. The van der Waals surface area contributed by atoms with Crippen LogP contribution in [-0.2, 0) is 23.8 Å². The molecule has 1 aliphatic rings. The zero-order valence-electron chi connectivity index (χ0n) is 14.6. The number of nitrogens with one attached hydrogen (secondary N) is 1. The van der Waals surface area contributed by atoms with Gasteiger partial charge in [0.05, 0.1) is 19.1 Å². The highest BCUT2D eigenvalue weighted by Crippen LogP contribution is 2.28. The smallest absolute Gasteiger partial charge is 0.331 e. The van der Waals surface area contributed by atoms with Crippen molar-refractivity contribution in [1.29, 1.82) is 0 Å². The van der Waals surface area contributed by atoms with Crippen molar-refractivity contribution in [3.05, 3.63) is 35.9 Å². The number of carbonyl (C=O) groups is 2. The first-order valence-electron chi connectivity index (χ1n) is 7.96. The Balaban J connectivity index is 2.27. The maximum absolute atomic E-state index is 12.7. The Kier molecular flexibility index (Phi) is 5.62. The lowest BCUT2D eigenvalue weighted by Crippen LogP contribution is -2.56. The van der Waals surface area contributed by atoms with Crippen molar-refractivity contribution >= 4 is 11.9 Å². The van der Waals surface area contributed by atoms with Gasteiger partial charge in [-0.3, -0.25) is 10.1 Å². The second-order valence-electron chi connectivity index (χ2n) is 6.98. The van der Waals surface area contributed by atoms with E-state index in [1.807, 2.05) is 30.3 Å². The molecular formula is C18H25NO5. The standard InChI is InChI=1S/C18H25NO5/c1-17(2,3)24-16(21)18(10-15(20)23-12-18)19-14(11-22-4)13-8-6-5-7-9-13/h5-9,14,19H,10-12H2,1-4H3/t14-,18+/m0/s1. The number of cyclic esters (lactones) is 1. The Morgan fingerprint density at radius 3 is 2.50 bits per heavy atom. The van der Waals surface area contributed by atoms with Crippen LogP contribution < -0.4 is 5.32 Å². The van der Waals surface area contributed by atoms with Gasteiger partial charge in [0.15, 0.2) is 5.54 Å². The molecular weight excluding hydrogens is 310 g/mol. The molecule has 1 fully saturated rings. The van der Waals surface area contributed by atoms with Crippen molar-refractivity contribution in [2.24, 2.45) is 0 Å². The van der Waals surface area contributed by atoms with Crippen LogP contribution in [0.2, 0.25) is 0 Å². The third-order valence-electron chi connectivity index (χ3n) is 3.70. The molecule has 0 bridgehead atoms. The molecule has 0 spiro atoms. The van der Waals surface area contributed by atoms with Gasteiger partial charge in [0.1, 0.15) is 12.2 Å². The molecule has 0 aromatic heterocycles. The van der Waals surface area contributed by atoms with Crippen LogP contribution in [0.5, 0.6) is 0 Å². The Hall–Kier alpha value is -1.92. The van der Waals surface area contributed by atoms with Crippen molar-refractivity contribution in [3.8, 4) is 0 Å². The fourth-order valence-electron chi connectivity index (χ4n) is 2.62. The van der Waals surface area contributed by atoms with Gasteiger partial charge in [-0.25, -0.2) is 4.79 Å². The highest BCUT2D eigenvalue weighted by molar-refractivity contribution is 5.90. The monoisotopic (exact) mass is 335 g/mol. The predicted octanol–water partition coefficient (Wildman–Crippen LogP) is 1.99. The third-order valence-corrected chi connectivity index (χ3v) is 3.70. The van der Waals surface area contributed by atoms with Crippen molar-refractivity contribution in [1.82, 2.24) is 5.32 Å². The first-order chi connectivity index (χ1) is 11.3. The molecule has 2 atom stereocenters. The van der Waals surface area contributed by atoms with E-state index in [4.69, 9.17) is 14.2 Å². The topological polar surface area (TPSA) is 73.9 Å². The molecule has 132 valence electrons. The second-order valence-corrected chi connectivity index (χ2v) is 6.98. The number of hydrogen-bond acceptors (Lipinski definition) is 6. The number of methoxy groups -OCH3 is 1. The fourth-order valence-corrected chi connectivity index (χ4v) is 2.62. The molecule has 0 unspecified atom stereocenters. The summed E-state index contributed by atoms with van der Waals surface area (Å²) in [7, 11) is 1.59. The number of rotatable bonds is 6. The summed E-state index contributed by atoms with van der Waals surface area (Å²) in [6.07, 6.45) is -0.0606. The molecule has 1 N–H and O–H groups in total. The van der Waals surface area contributed by atoms with E-state index in [0.717, 1.165) is 5.56 Å². The number of benzene rings is 1. The van der Waals surface area contributed by atoms with E-state index < -0.39 is 23.1 Å². The van der Waals surface area contributed by atoms with Crippen LogP contribution in [0, 0.1) is 0 Å². The first kappa shape index (κ1) is 18.4. The Bertz CT molecular complexity index is 581.